The van der Waals surface area contributed by atoms with E-state index in [0.29, 0.717) is 11.5 Å². The molecule has 0 heterocycles. The highest BCUT2D eigenvalue weighted by Crippen LogP contribution is 2.44. The van der Waals surface area contributed by atoms with E-state index in [0.717, 1.165) is 5.56 Å². The molecule has 142 valence electrons. The van der Waals surface area contributed by atoms with Crippen molar-refractivity contribution in [2.45, 2.75) is 26.6 Å². The van der Waals surface area contributed by atoms with Gasteiger partial charge in [0.05, 0.1) is 19.3 Å². The van der Waals surface area contributed by atoms with Crippen molar-refractivity contribution in [2.24, 2.45) is 0 Å². The van der Waals surface area contributed by atoms with Gasteiger partial charge < -0.3 is 23.6 Å². The molecule has 1 N–H and O–H groups in total. The van der Waals surface area contributed by atoms with Gasteiger partial charge in [0.15, 0.2) is 11.5 Å². The summed E-state index contributed by atoms with van der Waals surface area (Å²) in [5.74, 6) is 0.929. The summed E-state index contributed by atoms with van der Waals surface area (Å²) >= 11 is 0. The molecule has 0 saturated heterocycles. The summed E-state index contributed by atoms with van der Waals surface area (Å²) in [6.45, 7) is 5.71. The molecule has 1 unspecified atom stereocenters. The van der Waals surface area contributed by atoms with Crippen molar-refractivity contribution in [1.29, 1.82) is 0 Å². The van der Waals surface area contributed by atoms with Gasteiger partial charge in [0, 0.05) is 12.7 Å². The van der Waals surface area contributed by atoms with E-state index < -0.39 is 7.60 Å². The lowest BCUT2D eigenvalue weighted by molar-refractivity contribution is 0.168. The smallest absolute Gasteiger partial charge is 0.328 e. The molecule has 0 radical (unpaired) electrons. The first-order valence-corrected chi connectivity index (χ1v) is 10.4. The molecule has 0 aliphatic heterocycles. The highest BCUT2D eigenvalue weighted by Gasteiger charge is 2.17. The molecule has 0 amide bonds. The third-order valence-electron chi connectivity index (χ3n) is 3.28. The Hall–Kier alpha value is -2.01. The number of aromatic hydroxyl groups is 1. The van der Waals surface area contributed by atoms with Crippen molar-refractivity contribution in [3.05, 3.63) is 54.1 Å². The van der Waals surface area contributed by atoms with Gasteiger partial charge >= 0.3 is 7.60 Å². The topological polar surface area (TPSA) is 74.2 Å². The molecule has 0 aliphatic rings. The SMILES string of the molecule is CC(C)Oc1cc(OCCOP(C)(=O)OCc2ccccc2)ccc1O. The molecule has 0 fully saturated rings. The monoisotopic (exact) mass is 380 g/mol. The van der Waals surface area contributed by atoms with Crippen molar-refractivity contribution < 1.29 is 28.2 Å². The maximum atomic E-state index is 12.3. The highest BCUT2D eigenvalue weighted by atomic mass is 31.2. The number of phenols is 1. The third kappa shape index (κ3) is 7.08. The van der Waals surface area contributed by atoms with Crippen LogP contribution >= 0.6 is 7.60 Å². The van der Waals surface area contributed by atoms with Gasteiger partial charge in [-0.15, -0.1) is 0 Å². The summed E-state index contributed by atoms with van der Waals surface area (Å²) in [6, 6.07) is 14.2. The second-order valence-electron chi connectivity index (χ2n) is 6.01. The average molecular weight is 380 g/mol. The Morgan fingerprint density at radius 2 is 1.77 bits per heavy atom. The van der Waals surface area contributed by atoms with Crippen LogP contribution in [0, 0.1) is 0 Å². The molecule has 0 spiro atoms. The van der Waals surface area contributed by atoms with Crippen molar-refractivity contribution >= 4 is 7.60 Å². The molecule has 0 bridgehead atoms. The largest absolute Gasteiger partial charge is 0.504 e. The van der Waals surface area contributed by atoms with Crippen molar-refractivity contribution in [1.82, 2.24) is 0 Å². The van der Waals surface area contributed by atoms with E-state index >= 15 is 0 Å². The van der Waals surface area contributed by atoms with E-state index in [9.17, 15) is 9.67 Å². The van der Waals surface area contributed by atoms with Gasteiger partial charge in [0.25, 0.3) is 0 Å². The fourth-order valence-electron chi connectivity index (χ4n) is 2.10. The summed E-state index contributed by atoms with van der Waals surface area (Å²) in [4.78, 5) is 0. The van der Waals surface area contributed by atoms with Crippen molar-refractivity contribution in [3.63, 3.8) is 0 Å². The third-order valence-corrected chi connectivity index (χ3v) is 4.53. The van der Waals surface area contributed by atoms with Crippen LogP contribution in [0.15, 0.2) is 48.5 Å². The second kappa shape index (κ2) is 9.62. The average Bonchev–Trinajstić information content (AvgIpc) is 2.60. The van der Waals surface area contributed by atoms with Crippen LogP contribution in [-0.4, -0.2) is 31.1 Å². The van der Waals surface area contributed by atoms with E-state index in [1.807, 2.05) is 44.2 Å². The molecule has 2 aromatic rings. The Kier molecular flexibility index (Phi) is 7.51. The fraction of sp³-hybridized carbons (Fsp3) is 0.368. The summed E-state index contributed by atoms with van der Waals surface area (Å²) in [6.07, 6.45) is -0.0628. The van der Waals surface area contributed by atoms with Gasteiger partial charge in [-0.25, -0.2) is 0 Å². The molecule has 7 heteroatoms. The highest BCUT2D eigenvalue weighted by molar-refractivity contribution is 7.52. The first kappa shape index (κ1) is 20.3. The van der Waals surface area contributed by atoms with Gasteiger partial charge in [0.2, 0.25) is 0 Å². The zero-order valence-electron chi connectivity index (χ0n) is 15.3. The quantitative estimate of drug-likeness (QED) is 0.479. The number of hydrogen-bond donors (Lipinski definition) is 1. The van der Waals surface area contributed by atoms with Gasteiger partial charge in [0.1, 0.15) is 12.4 Å². The number of ether oxygens (including phenoxy) is 2. The lowest BCUT2D eigenvalue weighted by Crippen LogP contribution is -2.08. The van der Waals surface area contributed by atoms with Crippen LogP contribution in [0.5, 0.6) is 17.2 Å². The zero-order valence-corrected chi connectivity index (χ0v) is 16.1. The predicted molar refractivity (Wildman–Crippen MR) is 100 cm³/mol. The lowest BCUT2D eigenvalue weighted by Gasteiger charge is -2.15. The predicted octanol–water partition coefficient (Wildman–Crippen LogP) is 4.61. The van der Waals surface area contributed by atoms with Crippen LogP contribution in [0.25, 0.3) is 0 Å². The lowest BCUT2D eigenvalue weighted by atomic mass is 10.2. The molecule has 2 aromatic carbocycles. The molecule has 6 nitrogen and oxygen atoms in total. The standard InChI is InChI=1S/C19H25O6P/c1-15(2)25-19-13-17(9-10-18(19)20)22-11-12-23-26(3,21)24-14-16-7-5-4-6-8-16/h4-10,13,15,20H,11-12,14H2,1-3H3. The Balaban J connectivity index is 1.76. The molecule has 0 aliphatic carbocycles. The molecule has 0 aromatic heterocycles. The fourth-order valence-corrected chi connectivity index (χ4v) is 2.96. The molecule has 2 rings (SSSR count). The Labute approximate surface area is 154 Å². The summed E-state index contributed by atoms with van der Waals surface area (Å²) in [5, 5.41) is 9.76. The zero-order chi connectivity index (χ0) is 19.0. The van der Waals surface area contributed by atoms with E-state index in [-0.39, 0.29) is 31.7 Å². The molecule has 0 saturated carbocycles. The van der Waals surface area contributed by atoms with Crippen LogP contribution in [0.3, 0.4) is 0 Å². The first-order valence-electron chi connectivity index (χ1n) is 8.39. The van der Waals surface area contributed by atoms with Crippen LogP contribution in [0.2, 0.25) is 0 Å². The molecule has 26 heavy (non-hydrogen) atoms. The van der Waals surface area contributed by atoms with Crippen LogP contribution < -0.4 is 9.47 Å². The Bertz CT molecular complexity index is 732. The van der Waals surface area contributed by atoms with Crippen LogP contribution in [-0.2, 0) is 20.2 Å². The van der Waals surface area contributed by atoms with Gasteiger partial charge in [-0.1, -0.05) is 30.3 Å². The van der Waals surface area contributed by atoms with Crippen LogP contribution in [0.4, 0.5) is 0 Å². The molecular formula is C19H25O6P. The van der Waals surface area contributed by atoms with E-state index in [1.165, 1.54) is 12.7 Å². The number of rotatable bonds is 10. The minimum absolute atomic E-state index is 0.0506. The van der Waals surface area contributed by atoms with E-state index in [4.69, 9.17) is 18.5 Å². The maximum absolute atomic E-state index is 12.3. The van der Waals surface area contributed by atoms with Gasteiger partial charge in [-0.05, 0) is 31.5 Å². The Morgan fingerprint density at radius 1 is 1.04 bits per heavy atom. The number of phenolic OH excluding ortho intramolecular Hbond substituents is 1. The Morgan fingerprint density at radius 3 is 2.46 bits per heavy atom. The molecular weight excluding hydrogens is 355 g/mol. The van der Waals surface area contributed by atoms with Crippen molar-refractivity contribution in [2.75, 3.05) is 19.9 Å². The number of benzene rings is 2. The van der Waals surface area contributed by atoms with E-state index in [2.05, 4.69) is 0 Å². The summed E-state index contributed by atoms with van der Waals surface area (Å²) < 4.78 is 34.0. The van der Waals surface area contributed by atoms with Crippen molar-refractivity contribution in [3.8, 4) is 17.2 Å². The van der Waals surface area contributed by atoms with E-state index in [1.54, 1.807) is 12.1 Å². The summed E-state index contributed by atoms with van der Waals surface area (Å²) in [7, 11) is -3.16. The minimum Gasteiger partial charge on any atom is -0.504 e. The van der Waals surface area contributed by atoms with Crippen LogP contribution in [0.1, 0.15) is 19.4 Å². The maximum Gasteiger partial charge on any atom is 0.328 e. The molecule has 1 atom stereocenters. The normalized spacial score (nSPS) is 13.4. The second-order valence-corrected chi connectivity index (χ2v) is 8.07. The van der Waals surface area contributed by atoms with Gasteiger partial charge in [-0.2, -0.15) is 0 Å². The summed E-state index contributed by atoms with van der Waals surface area (Å²) in [5.41, 5.74) is 0.927. The van der Waals surface area contributed by atoms with Gasteiger partial charge in [-0.3, -0.25) is 4.57 Å². The minimum atomic E-state index is -3.16. The number of hydrogen-bond acceptors (Lipinski definition) is 6. The first-order chi connectivity index (χ1) is 12.4.